The van der Waals surface area contributed by atoms with Crippen LogP contribution in [-0.4, -0.2) is 19.1 Å². The molecule has 0 aliphatic carbocycles. The first-order valence-corrected chi connectivity index (χ1v) is 8.97. The molecular weight excluding hydrogens is 340 g/mol. The third-order valence-electron chi connectivity index (χ3n) is 4.51. The number of anilines is 1. The van der Waals surface area contributed by atoms with Gasteiger partial charge in [-0.05, 0) is 50.6 Å². The van der Waals surface area contributed by atoms with E-state index in [1.54, 1.807) is 4.90 Å². The Bertz CT molecular complexity index is 997. The van der Waals surface area contributed by atoms with Crippen molar-refractivity contribution >= 4 is 22.6 Å². The highest BCUT2D eigenvalue weighted by molar-refractivity contribution is 6.08. The molecule has 0 N–H and O–H groups in total. The summed E-state index contributed by atoms with van der Waals surface area (Å²) in [6.45, 7) is 6.63. The van der Waals surface area contributed by atoms with E-state index in [2.05, 4.69) is 6.07 Å². The first-order valence-electron chi connectivity index (χ1n) is 8.97. The highest BCUT2D eigenvalue weighted by Crippen LogP contribution is 2.30. The number of carbonyl (C=O) groups is 1. The molecule has 3 aromatic rings. The van der Waals surface area contributed by atoms with Crippen LogP contribution in [0.2, 0.25) is 0 Å². The smallest absolute Gasteiger partial charge is 0.294 e. The Kier molecular flexibility index (Phi) is 5.46. The molecule has 0 saturated heterocycles. The fourth-order valence-corrected chi connectivity index (χ4v) is 3.11. The number of carbonyl (C=O) groups excluding carboxylic acids is 1. The molecular formula is C22H22N2O3. The second kappa shape index (κ2) is 7.96. The molecule has 0 radical (unpaired) electrons. The lowest BCUT2D eigenvalue weighted by atomic mass is 10.1. The number of aryl methyl sites for hydroxylation is 2. The van der Waals surface area contributed by atoms with Gasteiger partial charge in [0.05, 0.1) is 19.1 Å². The number of hydrogen-bond donors (Lipinski definition) is 0. The summed E-state index contributed by atoms with van der Waals surface area (Å²) in [4.78, 5) is 14.8. The second-order valence-electron chi connectivity index (χ2n) is 6.30. The summed E-state index contributed by atoms with van der Waals surface area (Å²) in [6, 6.07) is 15.3. The van der Waals surface area contributed by atoms with Crippen molar-refractivity contribution in [3.8, 4) is 11.8 Å². The number of furan rings is 1. The van der Waals surface area contributed by atoms with E-state index in [0.29, 0.717) is 24.6 Å². The van der Waals surface area contributed by atoms with E-state index >= 15 is 0 Å². The zero-order chi connectivity index (χ0) is 19.4. The Hall–Kier alpha value is -3.26. The van der Waals surface area contributed by atoms with Gasteiger partial charge in [0, 0.05) is 23.2 Å². The minimum absolute atomic E-state index is 0.233. The lowest BCUT2D eigenvalue weighted by molar-refractivity contribution is 0.0962. The molecule has 1 amide bonds. The Morgan fingerprint density at radius 1 is 1.19 bits per heavy atom. The van der Waals surface area contributed by atoms with Crippen LogP contribution in [-0.2, 0) is 0 Å². The van der Waals surface area contributed by atoms with Gasteiger partial charge >= 0.3 is 0 Å². The normalized spacial score (nSPS) is 10.6. The molecule has 0 atom stereocenters. The highest BCUT2D eigenvalue weighted by Gasteiger charge is 2.25. The first-order chi connectivity index (χ1) is 13.1. The number of rotatable bonds is 6. The maximum absolute atomic E-state index is 13.3. The molecule has 0 bridgehead atoms. The fraction of sp³-hybridized carbons (Fsp3) is 0.273. The van der Waals surface area contributed by atoms with Crippen LogP contribution in [0.5, 0.6) is 5.75 Å². The van der Waals surface area contributed by atoms with Gasteiger partial charge in [-0.1, -0.05) is 18.2 Å². The Labute approximate surface area is 158 Å². The van der Waals surface area contributed by atoms with E-state index in [1.165, 1.54) is 0 Å². The minimum Gasteiger partial charge on any atom is -0.494 e. The SMILES string of the molecule is CCOc1ccc(N(CCC#N)C(=O)c2oc3c(C)cccc3c2C)cc1. The van der Waals surface area contributed by atoms with Gasteiger partial charge in [-0.15, -0.1) is 0 Å². The summed E-state index contributed by atoms with van der Waals surface area (Å²) < 4.78 is 11.4. The Balaban J connectivity index is 2.00. The third-order valence-corrected chi connectivity index (χ3v) is 4.51. The first kappa shape index (κ1) is 18.5. The highest BCUT2D eigenvalue weighted by atomic mass is 16.5. The average Bonchev–Trinajstić information content (AvgIpc) is 3.02. The molecule has 138 valence electrons. The zero-order valence-electron chi connectivity index (χ0n) is 15.8. The van der Waals surface area contributed by atoms with Gasteiger partial charge in [0.1, 0.15) is 11.3 Å². The van der Waals surface area contributed by atoms with Crippen LogP contribution in [0.3, 0.4) is 0 Å². The number of para-hydroxylation sites is 1. The van der Waals surface area contributed by atoms with Gasteiger partial charge in [-0.2, -0.15) is 5.26 Å². The summed E-state index contributed by atoms with van der Waals surface area (Å²) in [5.41, 5.74) is 3.23. The zero-order valence-corrected chi connectivity index (χ0v) is 15.8. The molecule has 0 spiro atoms. The van der Waals surface area contributed by atoms with Crippen LogP contribution in [0.25, 0.3) is 11.0 Å². The van der Waals surface area contributed by atoms with Gasteiger partial charge in [-0.25, -0.2) is 0 Å². The molecule has 0 fully saturated rings. The van der Waals surface area contributed by atoms with Gasteiger partial charge in [-0.3, -0.25) is 4.79 Å². The Morgan fingerprint density at radius 3 is 2.56 bits per heavy atom. The third kappa shape index (κ3) is 3.65. The van der Waals surface area contributed by atoms with Crippen LogP contribution in [0.1, 0.15) is 35.0 Å². The number of amides is 1. The molecule has 0 unspecified atom stereocenters. The predicted molar refractivity (Wildman–Crippen MR) is 105 cm³/mol. The van der Waals surface area contributed by atoms with E-state index in [-0.39, 0.29) is 12.3 Å². The molecule has 3 rings (SSSR count). The van der Waals surface area contributed by atoms with Crippen LogP contribution < -0.4 is 9.64 Å². The molecule has 0 aliphatic rings. The summed E-state index contributed by atoms with van der Waals surface area (Å²) in [7, 11) is 0. The molecule has 0 aliphatic heterocycles. The molecule has 1 aromatic heterocycles. The monoisotopic (exact) mass is 362 g/mol. The van der Waals surface area contributed by atoms with E-state index in [1.807, 2.05) is 63.2 Å². The predicted octanol–water partition coefficient (Wildman–Crippen LogP) is 5.01. The largest absolute Gasteiger partial charge is 0.494 e. The summed E-state index contributed by atoms with van der Waals surface area (Å²) in [5, 5.41) is 9.94. The van der Waals surface area contributed by atoms with E-state index < -0.39 is 0 Å². The van der Waals surface area contributed by atoms with Crippen molar-refractivity contribution in [1.29, 1.82) is 5.26 Å². The molecule has 5 heteroatoms. The van der Waals surface area contributed by atoms with Gasteiger partial charge in [0.2, 0.25) is 0 Å². The maximum atomic E-state index is 13.3. The number of benzene rings is 2. The molecule has 2 aromatic carbocycles. The quantitative estimate of drug-likeness (QED) is 0.618. The lowest BCUT2D eigenvalue weighted by Crippen LogP contribution is -2.32. The fourth-order valence-electron chi connectivity index (χ4n) is 3.11. The van der Waals surface area contributed by atoms with Crippen LogP contribution in [0.4, 0.5) is 5.69 Å². The van der Waals surface area contributed by atoms with Crippen molar-refractivity contribution in [2.45, 2.75) is 27.2 Å². The Morgan fingerprint density at radius 2 is 1.93 bits per heavy atom. The minimum atomic E-state index is -0.248. The number of fused-ring (bicyclic) bond motifs is 1. The maximum Gasteiger partial charge on any atom is 0.294 e. The summed E-state index contributed by atoms with van der Waals surface area (Å²) in [6.07, 6.45) is 0.233. The van der Waals surface area contributed by atoms with Crippen LogP contribution in [0, 0.1) is 25.2 Å². The van der Waals surface area contributed by atoms with Crippen LogP contribution in [0.15, 0.2) is 46.9 Å². The number of nitriles is 1. The average molecular weight is 362 g/mol. The van der Waals surface area contributed by atoms with E-state index in [0.717, 1.165) is 27.8 Å². The molecule has 5 nitrogen and oxygen atoms in total. The number of ether oxygens (including phenoxy) is 1. The van der Waals surface area contributed by atoms with Crippen molar-refractivity contribution in [3.63, 3.8) is 0 Å². The van der Waals surface area contributed by atoms with Crippen LogP contribution >= 0.6 is 0 Å². The molecule has 27 heavy (non-hydrogen) atoms. The standard InChI is InChI=1S/C22H22N2O3/c1-4-26-18-11-9-17(10-12-18)24(14-6-13-23)22(25)21-16(3)19-8-5-7-15(2)20(19)27-21/h5,7-12H,4,6,14H2,1-3H3. The van der Waals surface area contributed by atoms with E-state index in [9.17, 15) is 4.79 Å². The molecule has 1 heterocycles. The molecule has 0 saturated carbocycles. The van der Waals surface area contributed by atoms with Crippen molar-refractivity contribution in [3.05, 3.63) is 59.4 Å². The second-order valence-corrected chi connectivity index (χ2v) is 6.30. The lowest BCUT2D eigenvalue weighted by Gasteiger charge is -2.21. The summed E-state index contributed by atoms with van der Waals surface area (Å²) >= 11 is 0. The van der Waals surface area contributed by atoms with Gasteiger partial charge < -0.3 is 14.1 Å². The topological polar surface area (TPSA) is 66.5 Å². The summed E-state index contributed by atoms with van der Waals surface area (Å²) in [5.74, 6) is 0.804. The van der Waals surface area contributed by atoms with Crippen molar-refractivity contribution in [2.24, 2.45) is 0 Å². The van der Waals surface area contributed by atoms with Crippen molar-refractivity contribution < 1.29 is 13.9 Å². The van der Waals surface area contributed by atoms with E-state index in [4.69, 9.17) is 14.4 Å². The number of hydrogen-bond acceptors (Lipinski definition) is 4. The number of nitrogens with zero attached hydrogens (tertiary/aromatic N) is 2. The van der Waals surface area contributed by atoms with Crippen molar-refractivity contribution in [1.82, 2.24) is 0 Å². The van der Waals surface area contributed by atoms with Crippen molar-refractivity contribution in [2.75, 3.05) is 18.1 Å². The van der Waals surface area contributed by atoms with Gasteiger partial charge in [0.15, 0.2) is 5.76 Å². The van der Waals surface area contributed by atoms with Gasteiger partial charge in [0.25, 0.3) is 5.91 Å².